The zero-order valence-corrected chi connectivity index (χ0v) is 18.5. The maximum absolute atomic E-state index is 12.9. The number of hydrogen-bond acceptors (Lipinski definition) is 7. The van der Waals surface area contributed by atoms with Crippen molar-refractivity contribution in [3.63, 3.8) is 0 Å². The summed E-state index contributed by atoms with van der Waals surface area (Å²) in [5.41, 5.74) is 0.743. The van der Waals surface area contributed by atoms with Crippen molar-refractivity contribution in [1.29, 1.82) is 0 Å². The topological polar surface area (TPSA) is 131 Å². The molecule has 4 amide bonds. The van der Waals surface area contributed by atoms with Crippen molar-refractivity contribution >= 4 is 29.8 Å². The monoisotopic (exact) mass is 447 g/mol. The van der Waals surface area contributed by atoms with Crippen LogP contribution in [-0.4, -0.2) is 60.4 Å². The molecule has 1 aromatic rings. The second kappa shape index (κ2) is 11.8. The zero-order chi connectivity index (χ0) is 23.7. The largest absolute Gasteiger partial charge is 0.468 e. The molecule has 0 saturated carbocycles. The average Bonchev–Trinajstić information content (AvgIpc) is 3.17. The Bertz CT molecular complexity index is 841. The summed E-state index contributed by atoms with van der Waals surface area (Å²) in [6.07, 6.45) is -0.463. The highest BCUT2D eigenvalue weighted by molar-refractivity contribution is 6.01. The Morgan fingerprint density at radius 3 is 2.47 bits per heavy atom. The fourth-order valence-corrected chi connectivity index (χ4v) is 3.28. The number of esters is 1. The first-order chi connectivity index (χ1) is 15.2. The van der Waals surface area contributed by atoms with Gasteiger partial charge in [-0.25, -0.2) is 9.69 Å². The average molecular weight is 447 g/mol. The molecule has 1 aliphatic heterocycles. The molecule has 1 heterocycles. The van der Waals surface area contributed by atoms with E-state index in [9.17, 15) is 24.0 Å². The Labute approximate surface area is 186 Å². The van der Waals surface area contributed by atoms with E-state index in [0.29, 0.717) is 6.42 Å². The summed E-state index contributed by atoms with van der Waals surface area (Å²) in [6, 6.07) is 6.93. The van der Waals surface area contributed by atoms with Gasteiger partial charge in [-0.1, -0.05) is 44.2 Å². The molecule has 1 saturated heterocycles. The van der Waals surface area contributed by atoms with Crippen LogP contribution in [0, 0.1) is 5.92 Å². The standard InChI is InChI=1S/C22H29N3O7/c1-14(2)11-16(20(28)23-12-19(27)31-3)24-21(29)17-9-10-18(26)25(17)22(30)32-13-15-7-5-4-6-8-15/h4-8,14,16-17H,9-13H2,1-3H3,(H,23,28)(H,24,29)/t16-,17?/m1/s1. The van der Waals surface area contributed by atoms with Crippen LogP contribution in [0.15, 0.2) is 30.3 Å². The van der Waals surface area contributed by atoms with E-state index in [1.54, 1.807) is 24.3 Å². The third-order valence-corrected chi connectivity index (χ3v) is 4.89. The third kappa shape index (κ3) is 7.07. The Morgan fingerprint density at radius 2 is 1.84 bits per heavy atom. The van der Waals surface area contributed by atoms with Crippen molar-refractivity contribution in [2.24, 2.45) is 5.92 Å². The molecule has 10 nitrogen and oxygen atoms in total. The van der Waals surface area contributed by atoms with Gasteiger partial charge in [0.15, 0.2) is 0 Å². The van der Waals surface area contributed by atoms with E-state index in [1.807, 2.05) is 19.9 Å². The van der Waals surface area contributed by atoms with Crippen LogP contribution in [0.4, 0.5) is 4.79 Å². The van der Waals surface area contributed by atoms with E-state index in [2.05, 4.69) is 15.4 Å². The number of amides is 4. The molecule has 0 aliphatic carbocycles. The minimum atomic E-state index is -1.08. The molecule has 1 aliphatic rings. The van der Waals surface area contributed by atoms with Crippen molar-refractivity contribution in [1.82, 2.24) is 15.5 Å². The molecule has 0 aromatic heterocycles. The van der Waals surface area contributed by atoms with Crippen LogP contribution in [0.3, 0.4) is 0 Å². The van der Waals surface area contributed by atoms with Crippen LogP contribution in [0.2, 0.25) is 0 Å². The number of ether oxygens (including phenoxy) is 2. The number of rotatable bonds is 9. The van der Waals surface area contributed by atoms with Crippen LogP contribution in [0.5, 0.6) is 0 Å². The zero-order valence-electron chi connectivity index (χ0n) is 18.5. The minimum Gasteiger partial charge on any atom is -0.468 e. The smallest absolute Gasteiger partial charge is 0.417 e. The molecule has 1 fully saturated rings. The molecular weight excluding hydrogens is 418 g/mol. The molecule has 1 unspecified atom stereocenters. The Morgan fingerprint density at radius 1 is 1.16 bits per heavy atom. The maximum atomic E-state index is 12.9. The first-order valence-corrected chi connectivity index (χ1v) is 10.4. The number of benzene rings is 1. The summed E-state index contributed by atoms with van der Waals surface area (Å²) in [4.78, 5) is 62.3. The van der Waals surface area contributed by atoms with E-state index in [4.69, 9.17) is 4.74 Å². The fraction of sp³-hybridized carbons (Fsp3) is 0.500. The lowest BCUT2D eigenvalue weighted by Crippen LogP contribution is -2.54. The van der Waals surface area contributed by atoms with Gasteiger partial charge in [0, 0.05) is 6.42 Å². The Balaban J connectivity index is 2.03. The normalized spacial score (nSPS) is 16.4. The Kier molecular flexibility index (Phi) is 9.18. The molecular formula is C22H29N3O7. The van der Waals surface area contributed by atoms with Crippen LogP contribution >= 0.6 is 0 Å². The summed E-state index contributed by atoms with van der Waals surface area (Å²) < 4.78 is 9.71. The highest BCUT2D eigenvalue weighted by Crippen LogP contribution is 2.21. The number of carbonyl (C=O) groups excluding carboxylic acids is 5. The number of hydrogen-bond donors (Lipinski definition) is 2. The van der Waals surface area contributed by atoms with Gasteiger partial charge in [-0.15, -0.1) is 0 Å². The lowest BCUT2D eigenvalue weighted by molar-refractivity contribution is -0.141. The molecule has 2 rings (SSSR count). The van der Waals surface area contributed by atoms with E-state index in [1.165, 1.54) is 7.11 Å². The first kappa shape index (κ1) is 24.8. The molecule has 0 bridgehead atoms. The van der Waals surface area contributed by atoms with Gasteiger partial charge in [0.1, 0.15) is 25.2 Å². The SMILES string of the molecule is COC(=O)CNC(=O)[C@@H](CC(C)C)NC(=O)C1CCC(=O)N1C(=O)OCc1ccccc1. The summed E-state index contributed by atoms with van der Waals surface area (Å²) in [6.45, 7) is 3.38. The van der Waals surface area contributed by atoms with Gasteiger partial charge in [0.05, 0.1) is 7.11 Å². The predicted octanol–water partition coefficient (Wildman–Crippen LogP) is 1.13. The van der Waals surface area contributed by atoms with Crippen molar-refractivity contribution in [3.8, 4) is 0 Å². The van der Waals surface area contributed by atoms with Gasteiger partial charge < -0.3 is 20.1 Å². The highest BCUT2D eigenvalue weighted by atomic mass is 16.6. The molecule has 0 radical (unpaired) electrons. The second-order valence-corrected chi connectivity index (χ2v) is 7.84. The minimum absolute atomic E-state index is 0.0158. The van der Waals surface area contributed by atoms with E-state index in [0.717, 1.165) is 10.5 Å². The molecule has 174 valence electrons. The highest BCUT2D eigenvalue weighted by Gasteiger charge is 2.42. The van der Waals surface area contributed by atoms with Crippen molar-refractivity contribution in [2.45, 2.75) is 51.8 Å². The maximum Gasteiger partial charge on any atom is 0.417 e. The van der Waals surface area contributed by atoms with E-state index < -0.39 is 41.9 Å². The van der Waals surface area contributed by atoms with E-state index in [-0.39, 0.29) is 31.9 Å². The summed E-state index contributed by atoms with van der Waals surface area (Å²) in [5, 5.41) is 5.02. The van der Waals surface area contributed by atoms with Gasteiger partial charge in [0.2, 0.25) is 17.7 Å². The third-order valence-electron chi connectivity index (χ3n) is 4.89. The van der Waals surface area contributed by atoms with Crippen molar-refractivity contribution < 1.29 is 33.4 Å². The molecule has 2 atom stereocenters. The van der Waals surface area contributed by atoms with Crippen LogP contribution in [-0.2, 0) is 35.3 Å². The first-order valence-electron chi connectivity index (χ1n) is 10.4. The summed E-state index contributed by atoms with van der Waals surface area (Å²) >= 11 is 0. The summed E-state index contributed by atoms with van der Waals surface area (Å²) in [7, 11) is 1.20. The lowest BCUT2D eigenvalue weighted by atomic mass is 10.0. The number of imide groups is 1. The molecule has 1 aromatic carbocycles. The summed E-state index contributed by atoms with van der Waals surface area (Å²) in [5.74, 6) is -2.27. The molecule has 0 spiro atoms. The number of nitrogens with zero attached hydrogens (tertiary/aromatic N) is 1. The lowest BCUT2D eigenvalue weighted by Gasteiger charge is -2.25. The molecule has 32 heavy (non-hydrogen) atoms. The fourth-order valence-electron chi connectivity index (χ4n) is 3.28. The van der Waals surface area contributed by atoms with Gasteiger partial charge in [-0.3, -0.25) is 19.2 Å². The number of methoxy groups -OCH3 is 1. The van der Waals surface area contributed by atoms with Gasteiger partial charge in [0.25, 0.3) is 0 Å². The van der Waals surface area contributed by atoms with Crippen molar-refractivity contribution in [2.75, 3.05) is 13.7 Å². The van der Waals surface area contributed by atoms with Crippen molar-refractivity contribution in [3.05, 3.63) is 35.9 Å². The molecule has 2 N–H and O–H groups in total. The second-order valence-electron chi connectivity index (χ2n) is 7.84. The van der Waals surface area contributed by atoms with Gasteiger partial charge in [-0.2, -0.15) is 0 Å². The Hall–Kier alpha value is -3.43. The molecule has 10 heteroatoms. The van der Waals surface area contributed by atoms with Crippen LogP contribution in [0.25, 0.3) is 0 Å². The number of carbonyl (C=O) groups is 5. The van der Waals surface area contributed by atoms with Gasteiger partial charge >= 0.3 is 12.1 Å². The van der Waals surface area contributed by atoms with E-state index >= 15 is 0 Å². The number of likely N-dealkylation sites (tertiary alicyclic amines) is 1. The number of nitrogens with one attached hydrogen (secondary N) is 2. The van der Waals surface area contributed by atoms with Crippen LogP contribution < -0.4 is 10.6 Å². The van der Waals surface area contributed by atoms with Gasteiger partial charge in [-0.05, 0) is 24.3 Å². The quantitative estimate of drug-likeness (QED) is 0.543. The van der Waals surface area contributed by atoms with Crippen LogP contribution in [0.1, 0.15) is 38.7 Å². The predicted molar refractivity (Wildman–Crippen MR) is 113 cm³/mol.